The molecule has 1 heterocycles. The molecule has 0 radical (unpaired) electrons. The Kier molecular flexibility index (Phi) is 3.27. The monoisotopic (exact) mass is 331 g/mol. The van der Waals surface area contributed by atoms with Gasteiger partial charge in [-0.05, 0) is 58.4 Å². The molecule has 2 aromatic rings. The van der Waals surface area contributed by atoms with Crippen molar-refractivity contribution in [2.45, 2.75) is 0 Å². The number of nitrogens with one attached hydrogen (secondary N) is 1. The number of aromatic nitrogens is 2. The smallest absolute Gasteiger partial charge is 0.277 e. The number of hydrogen-bond donors (Lipinski definition) is 1. The Balaban J connectivity index is 2.09. The summed E-state index contributed by atoms with van der Waals surface area (Å²) in [5.41, 5.74) is 1.10. The maximum absolute atomic E-state index is 11.6. The molecule has 1 aromatic heterocycles. The molecule has 0 saturated carbocycles. The zero-order chi connectivity index (χ0) is 10.7. The molecule has 1 N–H and O–H groups in total. The van der Waals surface area contributed by atoms with E-state index in [-0.39, 0.29) is 5.91 Å². The minimum absolute atomic E-state index is 0.232. The van der Waals surface area contributed by atoms with Crippen LogP contribution in [0.4, 0.5) is 5.69 Å². The van der Waals surface area contributed by atoms with E-state index < -0.39 is 0 Å². The maximum Gasteiger partial charge on any atom is 0.277 e. The molecule has 0 aliphatic heterocycles. The van der Waals surface area contributed by atoms with Crippen LogP contribution in [-0.4, -0.2) is 15.5 Å². The predicted octanol–water partition coefficient (Wildman–Crippen LogP) is 2.40. The van der Waals surface area contributed by atoms with E-state index in [1.807, 2.05) is 24.3 Å². The van der Waals surface area contributed by atoms with Crippen molar-refractivity contribution in [2.24, 2.45) is 0 Å². The van der Waals surface area contributed by atoms with Crippen LogP contribution in [0, 0.1) is 3.57 Å². The van der Waals surface area contributed by atoms with Gasteiger partial charge in [0.25, 0.3) is 5.91 Å². The van der Waals surface area contributed by atoms with Crippen molar-refractivity contribution in [1.29, 1.82) is 0 Å². The van der Waals surface area contributed by atoms with Gasteiger partial charge in [-0.15, -0.1) is 5.10 Å². The Bertz CT molecular complexity index is 455. The van der Waals surface area contributed by atoms with E-state index in [0.717, 1.165) is 20.8 Å². The van der Waals surface area contributed by atoms with Gasteiger partial charge in [0.05, 0.1) is 0 Å². The van der Waals surface area contributed by atoms with E-state index in [1.165, 1.54) is 0 Å². The Hall–Kier alpha value is -1.02. The second-order valence-electron chi connectivity index (χ2n) is 2.75. The summed E-state index contributed by atoms with van der Waals surface area (Å²) in [6.45, 7) is 0. The molecular weight excluding hydrogens is 325 g/mol. The first-order valence-corrected chi connectivity index (χ1v) is 6.01. The van der Waals surface area contributed by atoms with Gasteiger partial charge in [0, 0.05) is 14.6 Å². The number of anilines is 1. The summed E-state index contributed by atoms with van der Waals surface area (Å²) in [6, 6.07) is 7.55. The zero-order valence-electron chi connectivity index (χ0n) is 7.48. The lowest BCUT2D eigenvalue weighted by molar-refractivity contribution is 0.102. The quantitative estimate of drug-likeness (QED) is 0.860. The minimum atomic E-state index is -0.232. The van der Waals surface area contributed by atoms with Crippen LogP contribution in [0.2, 0.25) is 0 Å². The van der Waals surface area contributed by atoms with Crippen molar-refractivity contribution < 1.29 is 4.79 Å². The van der Waals surface area contributed by atoms with E-state index in [9.17, 15) is 4.79 Å². The molecule has 0 spiro atoms. The first kappa shape index (κ1) is 10.5. The summed E-state index contributed by atoms with van der Waals surface area (Å²) in [5.74, 6) is -0.232. The molecule has 0 aliphatic carbocycles. The number of carbonyl (C=O) groups excluding carboxylic acids is 1. The molecular formula is C9H6IN3OS. The Labute approximate surface area is 104 Å². The number of carbonyl (C=O) groups is 1. The van der Waals surface area contributed by atoms with E-state index in [0.29, 0.717) is 5.69 Å². The number of halogens is 1. The molecule has 0 aliphatic rings. The molecule has 0 bridgehead atoms. The summed E-state index contributed by atoms with van der Waals surface area (Å²) in [6.07, 6.45) is 0. The summed E-state index contributed by atoms with van der Waals surface area (Å²) in [7, 11) is 0. The highest BCUT2D eigenvalue weighted by molar-refractivity contribution is 14.1. The fraction of sp³-hybridized carbons (Fsp3) is 0. The summed E-state index contributed by atoms with van der Waals surface area (Å²) in [5, 5.41) is 8.03. The lowest BCUT2D eigenvalue weighted by Crippen LogP contribution is -2.12. The molecule has 0 atom stereocenters. The second-order valence-corrected chi connectivity index (χ2v) is 4.61. The molecule has 0 unspecified atom stereocenters. The molecule has 2 rings (SSSR count). The van der Waals surface area contributed by atoms with Crippen LogP contribution in [0.5, 0.6) is 0 Å². The van der Waals surface area contributed by atoms with Crippen LogP contribution in [0.3, 0.4) is 0 Å². The largest absolute Gasteiger partial charge is 0.321 e. The van der Waals surface area contributed by atoms with Crippen LogP contribution < -0.4 is 5.32 Å². The number of hydrogen-bond acceptors (Lipinski definition) is 4. The fourth-order valence-electron chi connectivity index (χ4n) is 0.992. The van der Waals surface area contributed by atoms with Gasteiger partial charge in [-0.25, -0.2) is 0 Å². The first-order valence-electron chi connectivity index (χ1n) is 4.10. The Morgan fingerprint density at radius 2 is 2.07 bits per heavy atom. The van der Waals surface area contributed by atoms with E-state index in [1.54, 1.807) is 5.38 Å². The van der Waals surface area contributed by atoms with Crippen molar-refractivity contribution in [2.75, 3.05) is 5.32 Å². The molecule has 0 saturated heterocycles. The van der Waals surface area contributed by atoms with Crippen molar-refractivity contribution >= 4 is 45.7 Å². The van der Waals surface area contributed by atoms with Crippen LogP contribution in [0.25, 0.3) is 0 Å². The predicted molar refractivity (Wildman–Crippen MR) is 67.0 cm³/mol. The molecule has 1 amide bonds. The standard InChI is InChI=1S/C9H6IN3OS/c10-6-1-3-7(4-2-6)11-9(14)8-5-15-13-12-8/h1-5H,(H,11,14). The highest BCUT2D eigenvalue weighted by Gasteiger charge is 2.08. The lowest BCUT2D eigenvalue weighted by atomic mass is 10.3. The number of amides is 1. The van der Waals surface area contributed by atoms with Gasteiger partial charge in [-0.1, -0.05) is 4.49 Å². The van der Waals surface area contributed by atoms with Gasteiger partial charge < -0.3 is 5.32 Å². The van der Waals surface area contributed by atoms with Crippen LogP contribution in [-0.2, 0) is 0 Å². The normalized spacial score (nSPS) is 9.93. The van der Waals surface area contributed by atoms with Gasteiger partial charge in [-0.2, -0.15) is 0 Å². The van der Waals surface area contributed by atoms with Gasteiger partial charge in [-0.3, -0.25) is 4.79 Å². The van der Waals surface area contributed by atoms with Crippen molar-refractivity contribution in [1.82, 2.24) is 9.59 Å². The molecule has 76 valence electrons. The summed E-state index contributed by atoms with van der Waals surface area (Å²) >= 11 is 3.37. The molecule has 1 aromatic carbocycles. The average Bonchev–Trinajstić information content (AvgIpc) is 2.74. The van der Waals surface area contributed by atoms with E-state index >= 15 is 0 Å². The molecule has 4 nitrogen and oxygen atoms in total. The van der Waals surface area contributed by atoms with Gasteiger partial charge in [0.15, 0.2) is 5.69 Å². The fourth-order valence-corrected chi connectivity index (χ4v) is 1.79. The van der Waals surface area contributed by atoms with Crippen molar-refractivity contribution in [3.05, 3.63) is 38.9 Å². The third-order valence-corrected chi connectivity index (χ3v) is 2.92. The van der Waals surface area contributed by atoms with E-state index in [4.69, 9.17) is 0 Å². The highest BCUT2D eigenvalue weighted by Crippen LogP contribution is 2.12. The van der Waals surface area contributed by atoms with E-state index in [2.05, 4.69) is 37.5 Å². The second kappa shape index (κ2) is 4.67. The Morgan fingerprint density at radius 3 is 2.67 bits per heavy atom. The van der Waals surface area contributed by atoms with Gasteiger partial charge in [0.1, 0.15) is 0 Å². The highest BCUT2D eigenvalue weighted by atomic mass is 127. The first-order chi connectivity index (χ1) is 7.25. The minimum Gasteiger partial charge on any atom is -0.321 e. The third-order valence-electron chi connectivity index (χ3n) is 1.69. The van der Waals surface area contributed by atoms with Gasteiger partial charge in [0.2, 0.25) is 0 Å². The number of rotatable bonds is 2. The zero-order valence-corrected chi connectivity index (χ0v) is 10.4. The average molecular weight is 331 g/mol. The van der Waals surface area contributed by atoms with Crippen LogP contribution in [0.1, 0.15) is 10.5 Å². The van der Waals surface area contributed by atoms with Crippen LogP contribution in [0.15, 0.2) is 29.6 Å². The van der Waals surface area contributed by atoms with Gasteiger partial charge >= 0.3 is 0 Å². The Morgan fingerprint density at radius 1 is 1.33 bits per heavy atom. The SMILES string of the molecule is O=C(Nc1ccc(I)cc1)c1csnn1. The molecule has 6 heteroatoms. The molecule has 15 heavy (non-hydrogen) atoms. The number of benzene rings is 1. The third kappa shape index (κ3) is 2.72. The van der Waals surface area contributed by atoms with Crippen molar-refractivity contribution in [3.8, 4) is 0 Å². The number of nitrogens with zero attached hydrogens (tertiary/aromatic N) is 2. The maximum atomic E-state index is 11.6. The topological polar surface area (TPSA) is 54.9 Å². The van der Waals surface area contributed by atoms with Crippen LogP contribution >= 0.6 is 34.1 Å². The summed E-state index contributed by atoms with van der Waals surface area (Å²) in [4.78, 5) is 11.6. The lowest BCUT2D eigenvalue weighted by Gasteiger charge is -2.01. The molecule has 0 fully saturated rings. The summed E-state index contributed by atoms with van der Waals surface area (Å²) < 4.78 is 4.75. The van der Waals surface area contributed by atoms with Crippen molar-refractivity contribution in [3.63, 3.8) is 0 Å².